The van der Waals surface area contributed by atoms with E-state index in [1.54, 1.807) is 6.07 Å². The number of nitriles is 1. The molecule has 0 radical (unpaired) electrons. The van der Waals surface area contributed by atoms with Crippen LogP contribution < -0.4 is 16.8 Å². The predicted octanol–water partition coefficient (Wildman–Crippen LogP) is 3.91. The third-order valence-electron chi connectivity index (χ3n) is 2.63. The standard InChI is InChI=1S/C13H9Cl2FN4/c14-7-2-1-6(5-17)10(3-7)20-13-9(19)4-8(18)11(15)12(13)16/h1-4,20H,18-19H2. The fourth-order valence-electron chi connectivity index (χ4n) is 1.65. The molecule has 0 spiro atoms. The minimum Gasteiger partial charge on any atom is -0.397 e. The van der Waals surface area contributed by atoms with Gasteiger partial charge in [-0.25, -0.2) is 4.39 Å². The molecule has 7 heteroatoms. The second-order valence-corrected chi connectivity index (χ2v) is 4.80. The summed E-state index contributed by atoms with van der Waals surface area (Å²) in [4.78, 5) is 0. The van der Waals surface area contributed by atoms with Gasteiger partial charge in [-0.2, -0.15) is 5.26 Å². The molecule has 102 valence electrons. The van der Waals surface area contributed by atoms with Crippen LogP contribution in [0, 0.1) is 17.1 Å². The summed E-state index contributed by atoms with van der Waals surface area (Å²) < 4.78 is 14.1. The Morgan fingerprint density at radius 2 is 1.85 bits per heavy atom. The zero-order valence-electron chi connectivity index (χ0n) is 10.0. The summed E-state index contributed by atoms with van der Waals surface area (Å²) in [6.45, 7) is 0. The van der Waals surface area contributed by atoms with E-state index in [2.05, 4.69) is 5.32 Å². The zero-order chi connectivity index (χ0) is 14.9. The zero-order valence-corrected chi connectivity index (χ0v) is 11.6. The number of halogens is 3. The summed E-state index contributed by atoms with van der Waals surface area (Å²) in [7, 11) is 0. The molecule has 2 aromatic carbocycles. The van der Waals surface area contributed by atoms with Gasteiger partial charge in [0, 0.05) is 5.02 Å². The van der Waals surface area contributed by atoms with E-state index < -0.39 is 5.82 Å². The summed E-state index contributed by atoms with van der Waals surface area (Å²) in [5.74, 6) is -0.784. The highest BCUT2D eigenvalue weighted by molar-refractivity contribution is 6.33. The average molecular weight is 311 g/mol. The van der Waals surface area contributed by atoms with Crippen molar-refractivity contribution in [3.8, 4) is 6.07 Å². The van der Waals surface area contributed by atoms with Gasteiger partial charge in [0.05, 0.1) is 28.3 Å². The maximum Gasteiger partial charge on any atom is 0.169 e. The average Bonchev–Trinajstić information content (AvgIpc) is 2.41. The van der Waals surface area contributed by atoms with Gasteiger partial charge < -0.3 is 16.8 Å². The van der Waals surface area contributed by atoms with Crippen LogP contribution in [0.5, 0.6) is 0 Å². The van der Waals surface area contributed by atoms with Crippen molar-refractivity contribution in [1.82, 2.24) is 0 Å². The summed E-state index contributed by atoms with van der Waals surface area (Å²) in [5, 5.41) is 11.9. The van der Waals surface area contributed by atoms with Crippen molar-refractivity contribution in [3.05, 3.63) is 45.7 Å². The summed E-state index contributed by atoms with van der Waals surface area (Å²) in [5.41, 5.74) is 11.9. The monoisotopic (exact) mass is 310 g/mol. The van der Waals surface area contributed by atoms with Gasteiger partial charge in [0.25, 0.3) is 0 Å². The van der Waals surface area contributed by atoms with Crippen LogP contribution in [-0.2, 0) is 0 Å². The lowest BCUT2D eigenvalue weighted by Crippen LogP contribution is -2.03. The lowest BCUT2D eigenvalue weighted by molar-refractivity contribution is 0.633. The number of nitrogens with zero attached hydrogens (tertiary/aromatic N) is 1. The van der Waals surface area contributed by atoms with Gasteiger partial charge in [0.15, 0.2) is 5.82 Å². The molecule has 0 aliphatic heterocycles. The molecule has 0 unspecified atom stereocenters. The van der Waals surface area contributed by atoms with Gasteiger partial charge >= 0.3 is 0 Å². The second kappa shape index (κ2) is 5.45. The predicted molar refractivity (Wildman–Crippen MR) is 79.7 cm³/mol. The molecular weight excluding hydrogens is 302 g/mol. The first-order valence-corrected chi connectivity index (χ1v) is 6.19. The Hall–Kier alpha value is -2.16. The molecule has 0 aliphatic carbocycles. The Morgan fingerprint density at radius 3 is 2.50 bits per heavy atom. The summed E-state index contributed by atoms with van der Waals surface area (Å²) in [6, 6.07) is 7.86. The molecule has 0 amide bonds. The summed E-state index contributed by atoms with van der Waals surface area (Å²) in [6.07, 6.45) is 0. The molecule has 2 rings (SSSR count). The topological polar surface area (TPSA) is 87.9 Å². The highest BCUT2D eigenvalue weighted by Gasteiger charge is 2.15. The van der Waals surface area contributed by atoms with Crippen molar-refractivity contribution >= 4 is 46.0 Å². The van der Waals surface area contributed by atoms with E-state index in [0.29, 0.717) is 16.3 Å². The van der Waals surface area contributed by atoms with E-state index in [0.717, 1.165) is 0 Å². The first-order chi connectivity index (χ1) is 9.43. The lowest BCUT2D eigenvalue weighted by atomic mass is 10.1. The first-order valence-electron chi connectivity index (χ1n) is 5.43. The molecule has 2 aromatic rings. The van der Waals surface area contributed by atoms with Gasteiger partial charge in [-0.05, 0) is 24.3 Å². The third kappa shape index (κ3) is 2.57. The quantitative estimate of drug-likeness (QED) is 0.734. The van der Waals surface area contributed by atoms with Crippen molar-refractivity contribution in [2.75, 3.05) is 16.8 Å². The molecule has 0 heterocycles. The Labute approximate surface area is 124 Å². The van der Waals surface area contributed by atoms with E-state index in [4.69, 9.17) is 39.9 Å². The van der Waals surface area contributed by atoms with Crippen LogP contribution in [0.15, 0.2) is 24.3 Å². The highest BCUT2D eigenvalue weighted by Crippen LogP contribution is 2.36. The van der Waals surface area contributed by atoms with Crippen LogP contribution in [0.3, 0.4) is 0 Å². The number of nitrogen functional groups attached to an aromatic ring is 2. The van der Waals surface area contributed by atoms with Crippen LogP contribution in [0.1, 0.15) is 5.56 Å². The molecule has 0 bridgehead atoms. The molecule has 4 nitrogen and oxygen atoms in total. The largest absolute Gasteiger partial charge is 0.397 e. The van der Waals surface area contributed by atoms with Gasteiger partial charge in [-0.3, -0.25) is 0 Å². The number of hydrogen-bond donors (Lipinski definition) is 3. The van der Waals surface area contributed by atoms with Crippen LogP contribution in [0.4, 0.5) is 27.1 Å². The molecule has 0 fully saturated rings. The van der Waals surface area contributed by atoms with Crippen molar-refractivity contribution in [1.29, 1.82) is 5.26 Å². The fraction of sp³-hybridized carbons (Fsp3) is 0. The molecule has 0 saturated carbocycles. The van der Waals surface area contributed by atoms with Gasteiger partial charge in [0.2, 0.25) is 0 Å². The minimum absolute atomic E-state index is 0.0406. The van der Waals surface area contributed by atoms with Crippen molar-refractivity contribution in [2.24, 2.45) is 0 Å². The summed E-state index contributed by atoms with van der Waals surface area (Å²) >= 11 is 11.6. The molecule has 0 atom stereocenters. The van der Waals surface area contributed by atoms with Gasteiger partial charge in [-0.15, -0.1) is 0 Å². The number of nitrogens with one attached hydrogen (secondary N) is 1. The molecule has 20 heavy (non-hydrogen) atoms. The highest BCUT2D eigenvalue weighted by atomic mass is 35.5. The smallest absolute Gasteiger partial charge is 0.169 e. The Bertz CT molecular complexity index is 725. The third-order valence-corrected chi connectivity index (χ3v) is 3.25. The minimum atomic E-state index is -0.784. The van der Waals surface area contributed by atoms with E-state index in [1.807, 2.05) is 6.07 Å². The van der Waals surface area contributed by atoms with Crippen molar-refractivity contribution in [2.45, 2.75) is 0 Å². The van der Waals surface area contributed by atoms with E-state index >= 15 is 0 Å². The van der Waals surface area contributed by atoms with E-state index in [9.17, 15) is 4.39 Å². The van der Waals surface area contributed by atoms with Crippen molar-refractivity contribution < 1.29 is 4.39 Å². The number of hydrogen-bond acceptors (Lipinski definition) is 4. The van der Waals surface area contributed by atoms with Gasteiger partial charge in [-0.1, -0.05) is 23.2 Å². The van der Waals surface area contributed by atoms with E-state index in [1.165, 1.54) is 18.2 Å². The van der Waals surface area contributed by atoms with Crippen LogP contribution in [0.25, 0.3) is 0 Å². The SMILES string of the molecule is N#Cc1ccc(Cl)cc1Nc1c(N)cc(N)c(Cl)c1F. The number of anilines is 4. The van der Waals surface area contributed by atoms with Crippen LogP contribution in [-0.4, -0.2) is 0 Å². The Morgan fingerprint density at radius 1 is 1.15 bits per heavy atom. The number of nitrogens with two attached hydrogens (primary N) is 2. The van der Waals surface area contributed by atoms with Crippen LogP contribution in [0.2, 0.25) is 10.0 Å². The molecule has 5 N–H and O–H groups in total. The maximum atomic E-state index is 14.1. The second-order valence-electron chi connectivity index (χ2n) is 3.98. The first kappa shape index (κ1) is 14.3. The Balaban J connectivity index is 2.54. The fourth-order valence-corrected chi connectivity index (χ4v) is 1.97. The molecule has 0 aromatic heterocycles. The van der Waals surface area contributed by atoms with Gasteiger partial charge in [0.1, 0.15) is 11.1 Å². The Kier molecular flexibility index (Phi) is 3.89. The van der Waals surface area contributed by atoms with E-state index in [-0.39, 0.29) is 22.1 Å². The maximum absolute atomic E-state index is 14.1. The molecule has 0 aliphatic rings. The number of rotatable bonds is 2. The lowest BCUT2D eigenvalue weighted by Gasteiger charge is -2.14. The number of benzene rings is 2. The van der Waals surface area contributed by atoms with Crippen LogP contribution >= 0.6 is 23.2 Å². The molecule has 0 saturated heterocycles. The van der Waals surface area contributed by atoms with Crippen molar-refractivity contribution in [3.63, 3.8) is 0 Å². The normalized spacial score (nSPS) is 10.1. The molecular formula is C13H9Cl2FN4.